The molecule has 0 radical (unpaired) electrons. The van der Waals surface area contributed by atoms with Crippen LogP contribution in [0.25, 0.3) is 21.6 Å². The number of thiophene rings is 1. The lowest BCUT2D eigenvalue weighted by Gasteiger charge is -2.17. The molecule has 0 saturated carbocycles. The summed E-state index contributed by atoms with van der Waals surface area (Å²) in [7, 11) is 4.23. The molecule has 0 fully saturated rings. The zero-order valence-electron chi connectivity index (χ0n) is 26.4. The van der Waals surface area contributed by atoms with Gasteiger partial charge in [0.25, 0.3) is 11.8 Å². The van der Waals surface area contributed by atoms with Gasteiger partial charge in [-0.25, -0.2) is 9.78 Å². The fourth-order valence-corrected chi connectivity index (χ4v) is 6.36. The molecule has 244 valence electrons. The molecule has 0 aliphatic carbocycles. The number of anilines is 2. The zero-order chi connectivity index (χ0) is 33.8. The van der Waals surface area contributed by atoms with E-state index in [1.54, 1.807) is 59.9 Å². The van der Waals surface area contributed by atoms with E-state index in [2.05, 4.69) is 21.7 Å². The number of esters is 1. The molecule has 2 amide bonds. The van der Waals surface area contributed by atoms with Crippen LogP contribution in [0.1, 0.15) is 42.5 Å². The Morgan fingerprint density at radius 1 is 0.833 bits per heavy atom. The third kappa shape index (κ3) is 6.57. The van der Waals surface area contributed by atoms with E-state index in [-0.39, 0.29) is 22.5 Å². The second-order valence-corrected chi connectivity index (χ2v) is 11.7. The van der Waals surface area contributed by atoms with Crippen molar-refractivity contribution >= 4 is 40.5 Å². The van der Waals surface area contributed by atoms with Crippen LogP contribution in [0.3, 0.4) is 0 Å². The Balaban J connectivity index is 1.45. The number of methoxy groups -OCH3 is 3. The third-order valence-corrected chi connectivity index (χ3v) is 8.83. The number of benzene rings is 3. The van der Waals surface area contributed by atoms with E-state index in [4.69, 9.17) is 24.7 Å². The van der Waals surface area contributed by atoms with Crippen molar-refractivity contribution in [1.29, 1.82) is 0 Å². The van der Waals surface area contributed by atoms with E-state index in [0.29, 0.717) is 53.8 Å². The number of hydrogen-bond donors (Lipinski definition) is 3. The summed E-state index contributed by atoms with van der Waals surface area (Å²) < 4.78 is 21.9. The Bertz CT molecular complexity index is 2000. The van der Waals surface area contributed by atoms with Gasteiger partial charge in [0.15, 0.2) is 5.69 Å². The molecule has 3 aromatic carbocycles. The summed E-state index contributed by atoms with van der Waals surface area (Å²) in [6.07, 6.45) is 0.704. The number of carbonyl (C=O) groups excluding carboxylic acids is 3. The fraction of sp³-hybridized carbons (Fsp3) is 0.167. The largest absolute Gasteiger partial charge is 0.497 e. The van der Waals surface area contributed by atoms with Crippen molar-refractivity contribution in [3.63, 3.8) is 0 Å². The summed E-state index contributed by atoms with van der Waals surface area (Å²) >= 11 is 1.56. The van der Waals surface area contributed by atoms with Crippen molar-refractivity contribution in [2.45, 2.75) is 13.0 Å². The van der Waals surface area contributed by atoms with Gasteiger partial charge in [-0.05, 0) is 59.0 Å². The SMILES string of the molecule is COC(=O)c1nc(C(=O)Nc2cc(OC)cc(OC)c2)ccc1-c1cc2c(cc1C(=O)Nc1ccc(CN)cc1)-c1sccc1CCO2. The lowest BCUT2D eigenvalue weighted by atomic mass is 9.93. The Kier molecular flexibility index (Phi) is 9.37. The minimum absolute atomic E-state index is 0.0545. The van der Waals surface area contributed by atoms with Crippen LogP contribution in [0.4, 0.5) is 11.4 Å². The lowest BCUT2D eigenvalue weighted by Crippen LogP contribution is -2.18. The van der Waals surface area contributed by atoms with Crippen molar-refractivity contribution in [1.82, 2.24) is 4.98 Å². The number of fused-ring (bicyclic) bond motifs is 3. The topological polar surface area (TPSA) is 151 Å². The van der Waals surface area contributed by atoms with Crippen LogP contribution >= 0.6 is 11.3 Å². The molecular weight excluding hydrogens is 632 g/mol. The summed E-state index contributed by atoms with van der Waals surface area (Å²) in [5.74, 6) is -0.284. The molecule has 48 heavy (non-hydrogen) atoms. The number of carbonyl (C=O) groups is 3. The maximum absolute atomic E-state index is 14.0. The molecule has 5 aromatic rings. The Labute approximate surface area is 280 Å². The predicted octanol–water partition coefficient (Wildman–Crippen LogP) is 6.18. The summed E-state index contributed by atoms with van der Waals surface area (Å²) in [6.45, 7) is 0.808. The van der Waals surface area contributed by atoms with Crippen molar-refractivity contribution in [3.8, 4) is 38.8 Å². The maximum atomic E-state index is 14.0. The predicted molar refractivity (Wildman–Crippen MR) is 183 cm³/mol. The summed E-state index contributed by atoms with van der Waals surface area (Å²) in [5, 5.41) is 7.74. The number of nitrogens with two attached hydrogens (primary N) is 1. The first-order valence-electron chi connectivity index (χ1n) is 14.9. The standard InChI is InChI=1S/C36H32N4O7S/c1-44-24-14-23(15-25(16-24)45-2)39-35(42)30-9-8-26(32(40-30)36(43)46-3)27-18-31-29(33-21(10-12-47-31)11-13-48-33)17-28(27)34(41)38-22-6-4-20(19-37)5-7-22/h4-9,11,13-18H,10,12,19,37H2,1-3H3,(H,38,41)(H,39,42). The number of hydrogen-bond acceptors (Lipinski definition) is 10. The highest BCUT2D eigenvalue weighted by Gasteiger charge is 2.27. The van der Waals surface area contributed by atoms with E-state index in [1.165, 1.54) is 27.4 Å². The second-order valence-electron chi connectivity index (χ2n) is 10.8. The smallest absolute Gasteiger partial charge is 0.357 e. The maximum Gasteiger partial charge on any atom is 0.357 e. The minimum Gasteiger partial charge on any atom is -0.497 e. The van der Waals surface area contributed by atoms with Gasteiger partial charge in [-0.1, -0.05) is 12.1 Å². The Hall–Kier alpha value is -5.72. The monoisotopic (exact) mass is 664 g/mol. The molecule has 0 unspecified atom stereocenters. The molecule has 3 heterocycles. The molecule has 1 aliphatic heterocycles. The van der Waals surface area contributed by atoms with E-state index in [9.17, 15) is 14.4 Å². The highest BCUT2D eigenvalue weighted by atomic mass is 32.1. The fourth-order valence-electron chi connectivity index (χ4n) is 5.38. The second kappa shape index (κ2) is 14.0. The first-order valence-corrected chi connectivity index (χ1v) is 15.8. The zero-order valence-corrected chi connectivity index (χ0v) is 27.2. The number of nitrogens with zero attached hydrogens (tertiary/aromatic N) is 1. The van der Waals surface area contributed by atoms with Gasteiger partial charge in [0.2, 0.25) is 0 Å². The average Bonchev–Trinajstić information content (AvgIpc) is 3.52. The van der Waals surface area contributed by atoms with Crippen molar-refractivity contribution in [2.75, 3.05) is 38.6 Å². The van der Waals surface area contributed by atoms with Gasteiger partial charge in [0.1, 0.15) is 22.9 Å². The van der Waals surface area contributed by atoms with Crippen molar-refractivity contribution in [2.24, 2.45) is 5.73 Å². The van der Waals surface area contributed by atoms with Gasteiger partial charge in [-0.15, -0.1) is 11.3 Å². The number of rotatable bonds is 9. The van der Waals surface area contributed by atoms with Gasteiger partial charge in [-0.3, -0.25) is 9.59 Å². The molecule has 4 N–H and O–H groups in total. The number of pyridine rings is 1. The lowest BCUT2D eigenvalue weighted by molar-refractivity contribution is 0.0594. The summed E-state index contributed by atoms with van der Waals surface area (Å²) in [6, 6.07) is 20.8. The first-order chi connectivity index (χ1) is 23.3. The van der Waals surface area contributed by atoms with Crippen LogP contribution in [0, 0.1) is 0 Å². The van der Waals surface area contributed by atoms with Crippen molar-refractivity contribution < 1.29 is 33.3 Å². The van der Waals surface area contributed by atoms with Crippen molar-refractivity contribution in [3.05, 3.63) is 106 Å². The van der Waals surface area contributed by atoms with E-state index in [0.717, 1.165) is 21.6 Å². The molecule has 0 saturated heterocycles. The van der Waals surface area contributed by atoms with Crippen LogP contribution in [-0.2, 0) is 17.7 Å². The highest BCUT2D eigenvalue weighted by Crippen LogP contribution is 2.43. The van der Waals surface area contributed by atoms with Gasteiger partial charge in [0.05, 0.1) is 27.9 Å². The Morgan fingerprint density at radius 3 is 2.25 bits per heavy atom. The molecule has 6 rings (SSSR count). The number of amides is 2. The van der Waals surface area contributed by atoms with Crippen LogP contribution in [0.5, 0.6) is 17.2 Å². The number of ether oxygens (including phenoxy) is 4. The van der Waals surface area contributed by atoms with Crippen LogP contribution in [0.15, 0.2) is 78.2 Å². The van der Waals surface area contributed by atoms with E-state index in [1.807, 2.05) is 17.5 Å². The van der Waals surface area contributed by atoms with Crippen LogP contribution in [-0.4, -0.2) is 50.7 Å². The highest BCUT2D eigenvalue weighted by molar-refractivity contribution is 7.13. The third-order valence-electron chi connectivity index (χ3n) is 7.84. The minimum atomic E-state index is -0.789. The molecular formula is C36H32N4O7S. The molecule has 12 heteroatoms. The van der Waals surface area contributed by atoms with Gasteiger partial charge < -0.3 is 35.3 Å². The number of nitrogens with one attached hydrogen (secondary N) is 2. The first kappa shape index (κ1) is 32.2. The van der Waals surface area contributed by atoms with Crippen LogP contribution in [0.2, 0.25) is 0 Å². The Morgan fingerprint density at radius 2 is 1.56 bits per heavy atom. The molecule has 0 bridgehead atoms. The molecule has 11 nitrogen and oxygen atoms in total. The van der Waals surface area contributed by atoms with Gasteiger partial charge in [0, 0.05) is 69.7 Å². The molecule has 2 aromatic heterocycles. The molecule has 0 atom stereocenters. The quantitative estimate of drug-likeness (QED) is 0.157. The molecule has 0 spiro atoms. The molecule has 1 aliphatic rings. The van der Waals surface area contributed by atoms with Gasteiger partial charge >= 0.3 is 5.97 Å². The van der Waals surface area contributed by atoms with E-state index >= 15 is 0 Å². The van der Waals surface area contributed by atoms with E-state index < -0.39 is 17.8 Å². The van der Waals surface area contributed by atoms with Gasteiger partial charge in [-0.2, -0.15) is 0 Å². The number of aromatic nitrogens is 1. The average molecular weight is 665 g/mol. The normalized spacial score (nSPS) is 11.7. The van der Waals surface area contributed by atoms with Crippen LogP contribution < -0.4 is 30.6 Å². The summed E-state index contributed by atoms with van der Waals surface area (Å²) in [4.78, 5) is 46.1. The summed E-state index contributed by atoms with van der Waals surface area (Å²) in [5.41, 5.74) is 10.3.